The van der Waals surface area contributed by atoms with Crippen molar-refractivity contribution in [1.29, 1.82) is 0 Å². The van der Waals surface area contributed by atoms with Crippen molar-refractivity contribution in [2.45, 2.75) is 52.4 Å². The Hall–Kier alpha value is -2.17. The number of rotatable bonds is 4. The molecule has 0 aliphatic heterocycles. The fraction of sp³-hybridized carbons (Fsp3) is 0.500. The van der Waals surface area contributed by atoms with Gasteiger partial charge in [-0.1, -0.05) is 60.3 Å². The molecule has 0 aromatic heterocycles. The van der Waals surface area contributed by atoms with E-state index in [4.69, 9.17) is 4.74 Å². The van der Waals surface area contributed by atoms with E-state index in [1.165, 1.54) is 12.1 Å². The van der Waals surface area contributed by atoms with E-state index in [-0.39, 0.29) is 23.3 Å². The molecule has 0 heterocycles. The van der Waals surface area contributed by atoms with Gasteiger partial charge in [-0.2, -0.15) is 0 Å². The van der Waals surface area contributed by atoms with Crippen LogP contribution in [0.15, 0.2) is 24.8 Å². The lowest BCUT2D eigenvalue weighted by Gasteiger charge is -2.31. The van der Waals surface area contributed by atoms with Crippen molar-refractivity contribution in [1.82, 2.24) is 0 Å². The first-order valence-electron chi connectivity index (χ1n) is 7.51. The van der Waals surface area contributed by atoms with Gasteiger partial charge in [-0.15, -0.1) is 0 Å². The number of esters is 1. The molecule has 0 amide bonds. The van der Waals surface area contributed by atoms with Gasteiger partial charge in [0.15, 0.2) is 0 Å². The first kappa shape index (κ1) is 18.9. The monoisotopic (exact) mass is 319 g/mol. The van der Waals surface area contributed by atoms with Gasteiger partial charge >= 0.3 is 5.97 Å². The van der Waals surface area contributed by atoms with Crippen LogP contribution in [0.2, 0.25) is 0 Å². The molecule has 5 nitrogen and oxygen atoms in total. The standard InChI is InChI=1S/C18H25NO4/c1-8-11-23-16(20)14-13(19(21)22)10-9-12(17(2,3)4)15(14)18(5,6)7/h8-10H,1,11H2,2-7H3. The predicted octanol–water partition coefficient (Wildman–Crippen LogP) is 4.53. The highest BCUT2D eigenvalue weighted by atomic mass is 16.6. The third-order valence-corrected chi connectivity index (χ3v) is 3.47. The molecule has 23 heavy (non-hydrogen) atoms. The third-order valence-electron chi connectivity index (χ3n) is 3.47. The number of hydrogen-bond acceptors (Lipinski definition) is 4. The molecule has 0 unspecified atom stereocenters. The molecule has 0 N–H and O–H groups in total. The number of nitro groups is 1. The summed E-state index contributed by atoms with van der Waals surface area (Å²) >= 11 is 0. The predicted molar refractivity (Wildman–Crippen MR) is 91.0 cm³/mol. The average molecular weight is 319 g/mol. The molecular weight excluding hydrogens is 294 g/mol. The van der Waals surface area contributed by atoms with Crippen LogP contribution in [0.25, 0.3) is 0 Å². The van der Waals surface area contributed by atoms with Crippen molar-refractivity contribution in [2.75, 3.05) is 6.61 Å². The van der Waals surface area contributed by atoms with Crippen LogP contribution in [0.4, 0.5) is 5.69 Å². The molecule has 0 saturated heterocycles. The molecule has 1 aromatic carbocycles. The quantitative estimate of drug-likeness (QED) is 0.354. The number of carbonyl (C=O) groups is 1. The van der Waals surface area contributed by atoms with Gasteiger partial charge in [0.2, 0.25) is 0 Å². The molecule has 0 spiro atoms. The van der Waals surface area contributed by atoms with Gasteiger partial charge in [-0.25, -0.2) is 4.79 Å². The van der Waals surface area contributed by atoms with E-state index < -0.39 is 16.3 Å². The molecule has 0 fully saturated rings. The summed E-state index contributed by atoms with van der Waals surface area (Å²) in [6, 6.07) is 3.13. The number of hydrogen-bond donors (Lipinski definition) is 0. The minimum atomic E-state index is -0.687. The summed E-state index contributed by atoms with van der Waals surface area (Å²) < 4.78 is 5.11. The maximum Gasteiger partial charge on any atom is 0.345 e. The second kappa shape index (κ2) is 6.52. The first-order chi connectivity index (χ1) is 10.4. The summed E-state index contributed by atoms with van der Waals surface area (Å²) in [5.74, 6) is -0.687. The average Bonchev–Trinajstić information content (AvgIpc) is 2.40. The Bertz CT molecular complexity index is 634. The van der Waals surface area contributed by atoms with Crippen LogP contribution in [0, 0.1) is 10.1 Å². The van der Waals surface area contributed by atoms with E-state index in [0.717, 1.165) is 5.56 Å². The molecule has 0 aliphatic rings. The molecule has 126 valence electrons. The second-order valence-corrected chi connectivity index (χ2v) is 7.53. The fourth-order valence-corrected chi connectivity index (χ4v) is 2.56. The van der Waals surface area contributed by atoms with Crippen LogP contribution < -0.4 is 0 Å². The molecule has 1 rings (SSSR count). The van der Waals surface area contributed by atoms with Crippen molar-refractivity contribution in [3.05, 3.63) is 51.6 Å². The molecule has 0 bridgehead atoms. The van der Waals surface area contributed by atoms with Crippen molar-refractivity contribution >= 4 is 11.7 Å². The van der Waals surface area contributed by atoms with E-state index in [0.29, 0.717) is 5.56 Å². The molecule has 0 aliphatic carbocycles. The van der Waals surface area contributed by atoms with Crippen LogP contribution >= 0.6 is 0 Å². The number of ether oxygens (including phenoxy) is 1. The normalized spacial score (nSPS) is 11.9. The largest absolute Gasteiger partial charge is 0.458 e. The van der Waals surface area contributed by atoms with Gasteiger partial charge in [-0.05, 0) is 22.0 Å². The second-order valence-electron chi connectivity index (χ2n) is 7.53. The summed E-state index contributed by atoms with van der Waals surface area (Å²) in [5, 5.41) is 11.4. The van der Waals surface area contributed by atoms with E-state index in [9.17, 15) is 14.9 Å². The highest BCUT2D eigenvalue weighted by molar-refractivity contribution is 5.96. The van der Waals surface area contributed by atoms with Crippen molar-refractivity contribution in [2.24, 2.45) is 0 Å². The zero-order valence-corrected chi connectivity index (χ0v) is 14.7. The Morgan fingerprint density at radius 1 is 1.22 bits per heavy atom. The highest BCUT2D eigenvalue weighted by Gasteiger charge is 2.35. The van der Waals surface area contributed by atoms with Gasteiger partial charge in [0.05, 0.1) is 4.92 Å². The zero-order valence-electron chi connectivity index (χ0n) is 14.7. The van der Waals surface area contributed by atoms with Gasteiger partial charge in [0, 0.05) is 6.07 Å². The maximum atomic E-state index is 12.5. The van der Waals surface area contributed by atoms with E-state index in [2.05, 4.69) is 6.58 Å². The van der Waals surface area contributed by atoms with E-state index >= 15 is 0 Å². The summed E-state index contributed by atoms with van der Waals surface area (Å²) in [7, 11) is 0. The van der Waals surface area contributed by atoms with Crippen LogP contribution in [-0.4, -0.2) is 17.5 Å². The van der Waals surface area contributed by atoms with Crippen LogP contribution in [0.3, 0.4) is 0 Å². The summed E-state index contributed by atoms with van der Waals surface area (Å²) in [6.45, 7) is 15.4. The first-order valence-corrected chi connectivity index (χ1v) is 7.51. The number of benzene rings is 1. The third kappa shape index (κ3) is 4.18. The van der Waals surface area contributed by atoms with Gasteiger partial charge < -0.3 is 4.74 Å². The minimum Gasteiger partial charge on any atom is -0.458 e. The fourth-order valence-electron chi connectivity index (χ4n) is 2.56. The summed E-state index contributed by atoms with van der Waals surface area (Å²) in [5.41, 5.74) is 0.672. The lowest BCUT2D eigenvalue weighted by Crippen LogP contribution is -2.27. The smallest absolute Gasteiger partial charge is 0.345 e. The number of nitrogens with zero attached hydrogens (tertiary/aromatic N) is 1. The number of carbonyl (C=O) groups excluding carboxylic acids is 1. The summed E-state index contributed by atoms with van der Waals surface area (Å²) in [6.07, 6.45) is 1.44. The molecular formula is C18H25NO4. The zero-order chi connectivity index (χ0) is 18.0. The molecule has 1 aromatic rings. The van der Waals surface area contributed by atoms with Gasteiger partial charge in [0.25, 0.3) is 5.69 Å². The Morgan fingerprint density at radius 3 is 2.17 bits per heavy atom. The highest BCUT2D eigenvalue weighted by Crippen LogP contribution is 2.40. The summed E-state index contributed by atoms with van der Waals surface area (Å²) in [4.78, 5) is 23.4. The van der Waals surface area contributed by atoms with Gasteiger partial charge in [-0.3, -0.25) is 10.1 Å². The van der Waals surface area contributed by atoms with E-state index in [1.54, 1.807) is 6.07 Å². The Kier molecular flexibility index (Phi) is 5.35. The van der Waals surface area contributed by atoms with Crippen LogP contribution in [-0.2, 0) is 15.6 Å². The van der Waals surface area contributed by atoms with Crippen LogP contribution in [0.5, 0.6) is 0 Å². The van der Waals surface area contributed by atoms with E-state index in [1.807, 2.05) is 41.5 Å². The molecule has 0 atom stereocenters. The van der Waals surface area contributed by atoms with Crippen LogP contribution in [0.1, 0.15) is 63.0 Å². The number of nitro benzene ring substituents is 1. The Balaban J connectivity index is 3.81. The maximum absolute atomic E-state index is 12.5. The lowest BCUT2D eigenvalue weighted by atomic mass is 9.73. The molecule has 5 heteroatoms. The molecule has 0 radical (unpaired) electrons. The molecule has 0 saturated carbocycles. The minimum absolute atomic E-state index is 0.0132. The SMILES string of the molecule is C=CCOC(=O)c1c([N+](=O)[O-])ccc(C(C)(C)C)c1C(C)(C)C. The van der Waals surface area contributed by atoms with Crippen molar-refractivity contribution in [3.63, 3.8) is 0 Å². The Morgan fingerprint density at radius 2 is 1.78 bits per heavy atom. The van der Waals surface area contributed by atoms with Gasteiger partial charge in [0.1, 0.15) is 12.2 Å². The Labute approximate surface area is 137 Å². The van der Waals surface area contributed by atoms with Crippen molar-refractivity contribution in [3.8, 4) is 0 Å². The topological polar surface area (TPSA) is 69.4 Å². The van der Waals surface area contributed by atoms with Crippen molar-refractivity contribution < 1.29 is 14.5 Å². The lowest BCUT2D eigenvalue weighted by molar-refractivity contribution is -0.385.